The van der Waals surface area contributed by atoms with Crippen LogP contribution >= 0.6 is 0 Å². The summed E-state index contributed by atoms with van der Waals surface area (Å²) < 4.78 is 5.28. The minimum atomic E-state index is -0.356. The molecule has 1 aliphatic heterocycles. The number of anilines is 1. The molecule has 1 atom stereocenters. The van der Waals surface area contributed by atoms with E-state index in [4.69, 9.17) is 14.7 Å². The predicted molar refractivity (Wildman–Crippen MR) is 121 cm³/mol. The smallest absolute Gasteiger partial charge is 0.324 e. The van der Waals surface area contributed by atoms with Crippen LogP contribution in [0, 0.1) is 0 Å². The highest BCUT2D eigenvalue weighted by Crippen LogP contribution is 2.34. The number of nitrogens with one attached hydrogen (secondary N) is 2. The van der Waals surface area contributed by atoms with Crippen molar-refractivity contribution in [3.8, 4) is 5.75 Å². The van der Waals surface area contributed by atoms with E-state index in [-0.39, 0.29) is 11.9 Å². The van der Waals surface area contributed by atoms with Crippen LogP contribution in [0.4, 0.5) is 21.9 Å². The van der Waals surface area contributed by atoms with E-state index in [2.05, 4.69) is 10.6 Å². The molecule has 6 nitrogen and oxygen atoms in total. The molecule has 4 rings (SSSR count). The summed E-state index contributed by atoms with van der Waals surface area (Å²) in [6.07, 6.45) is 0. The third kappa shape index (κ3) is 4.22. The summed E-state index contributed by atoms with van der Waals surface area (Å²) in [7, 11) is 1.63. The average Bonchev–Trinajstić information content (AvgIpc) is 2.89. The second kappa shape index (κ2) is 8.61. The minimum Gasteiger partial charge on any atom is -0.497 e. The van der Waals surface area contributed by atoms with Gasteiger partial charge in [0.2, 0.25) is 0 Å². The van der Waals surface area contributed by atoms with Gasteiger partial charge in [-0.3, -0.25) is 10.3 Å². The number of hydrogen-bond donors (Lipinski definition) is 2. The van der Waals surface area contributed by atoms with E-state index >= 15 is 0 Å². The average molecular weight is 398 g/mol. The van der Waals surface area contributed by atoms with Crippen molar-refractivity contribution < 1.29 is 9.53 Å². The van der Waals surface area contributed by atoms with Crippen molar-refractivity contribution in [1.82, 2.24) is 5.32 Å². The van der Waals surface area contributed by atoms with Crippen LogP contribution in [-0.2, 0) is 0 Å². The summed E-state index contributed by atoms with van der Waals surface area (Å²) in [5, 5.41) is 5.79. The van der Waals surface area contributed by atoms with Gasteiger partial charge in [0.05, 0.1) is 24.4 Å². The normalized spacial score (nSPS) is 15.2. The van der Waals surface area contributed by atoms with Crippen LogP contribution in [0.3, 0.4) is 0 Å². The molecule has 0 spiro atoms. The van der Waals surface area contributed by atoms with E-state index in [0.29, 0.717) is 17.2 Å². The quantitative estimate of drug-likeness (QED) is 0.617. The van der Waals surface area contributed by atoms with Crippen LogP contribution in [0.2, 0.25) is 0 Å². The molecule has 30 heavy (non-hydrogen) atoms. The highest BCUT2D eigenvalue weighted by Gasteiger charge is 2.26. The number of methoxy groups -OCH3 is 1. The number of rotatable bonds is 3. The molecule has 2 N–H and O–H groups in total. The summed E-state index contributed by atoms with van der Waals surface area (Å²) in [5.41, 5.74) is 3.99. The first-order chi connectivity index (χ1) is 14.6. The van der Waals surface area contributed by atoms with Crippen LogP contribution in [0.5, 0.6) is 5.75 Å². The molecule has 3 aromatic rings. The summed E-state index contributed by atoms with van der Waals surface area (Å²) in [4.78, 5) is 22.3. The molecular formula is C24H22N4O2. The SMILES string of the molecule is COc1ccc([C@@H]2C(C)=Nc3ccccc3N=C2NC(=O)Nc2ccccc2)cc1. The molecule has 3 aromatic carbocycles. The zero-order valence-electron chi connectivity index (χ0n) is 16.8. The number of amidine groups is 1. The van der Waals surface area contributed by atoms with Gasteiger partial charge in [-0.1, -0.05) is 42.5 Å². The second-order valence-corrected chi connectivity index (χ2v) is 6.89. The molecule has 0 aliphatic carbocycles. The monoisotopic (exact) mass is 398 g/mol. The fourth-order valence-electron chi connectivity index (χ4n) is 3.40. The molecule has 2 amide bonds. The Morgan fingerprint density at radius 1 is 0.833 bits per heavy atom. The molecule has 0 aromatic heterocycles. The predicted octanol–water partition coefficient (Wildman–Crippen LogP) is 5.44. The number of para-hydroxylation sites is 3. The number of carbonyl (C=O) groups excluding carboxylic acids is 1. The first kappa shape index (κ1) is 19.4. The van der Waals surface area contributed by atoms with Gasteiger partial charge in [0.1, 0.15) is 11.6 Å². The van der Waals surface area contributed by atoms with Gasteiger partial charge >= 0.3 is 6.03 Å². The summed E-state index contributed by atoms with van der Waals surface area (Å²) >= 11 is 0. The molecule has 6 heteroatoms. The lowest BCUT2D eigenvalue weighted by Gasteiger charge is -2.20. The first-order valence-corrected chi connectivity index (χ1v) is 9.64. The van der Waals surface area contributed by atoms with Crippen molar-refractivity contribution in [3.05, 3.63) is 84.4 Å². The van der Waals surface area contributed by atoms with E-state index in [1.807, 2.05) is 85.8 Å². The topological polar surface area (TPSA) is 75.1 Å². The Balaban J connectivity index is 1.71. The minimum absolute atomic E-state index is 0.301. The van der Waals surface area contributed by atoms with Gasteiger partial charge in [0.25, 0.3) is 0 Å². The molecule has 0 bridgehead atoms. The maximum Gasteiger partial charge on any atom is 0.324 e. The van der Waals surface area contributed by atoms with Crippen LogP contribution in [0.15, 0.2) is 88.8 Å². The van der Waals surface area contributed by atoms with Gasteiger partial charge in [-0.15, -0.1) is 0 Å². The van der Waals surface area contributed by atoms with Crippen LogP contribution in [0.1, 0.15) is 18.4 Å². The first-order valence-electron chi connectivity index (χ1n) is 9.64. The maximum atomic E-state index is 12.7. The molecule has 0 saturated carbocycles. The maximum absolute atomic E-state index is 12.7. The molecule has 0 unspecified atom stereocenters. The molecule has 1 heterocycles. The number of aliphatic imine (C=N–C) groups is 2. The lowest BCUT2D eigenvalue weighted by Crippen LogP contribution is -2.39. The van der Waals surface area contributed by atoms with Gasteiger partial charge in [0.15, 0.2) is 0 Å². The lowest BCUT2D eigenvalue weighted by molar-refractivity contribution is 0.256. The molecule has 0 fully saturated rings. The third-order valence-electron chi connectivity index (χ3n) is 4.83. The number of hydrogen-bond acceptors (Lipinski definition) is 4. The van der Waals surface area contributed by atoms with E-state index < -0.39 is 0 Å². The van der Waals surface area contributed by atoms with Crippen LogP contribution in [0.25, 0.3) is 0 Å². The fraction of sp³-hybridized carbons (Fsp3) is 0.125. The van der Waals surface area contributed by atoms with Gasteiger partial charge in [-0.05, 0) is 48.9 Å². The van der Waals surface area contributed by atoms with E-state index in [0.717, 1.165) is 22.7 Å². The Kier molecular flexibility index (Phi) is 5.57. The van der Waals surface area contributed by atoms with Crippen molar-refractivity contribution in [2.24, 2.45) is 9.98 Å². The van der Waals surface area contributed by atoms with Gasteiger partial charge in [-0.25, -0.2) is 9.79 Å². The molecule has 0 radical (unpaired) electrons. The molecular weight excluding hydrogens is 376 g/mol. The Labute approximate surface area is 175 Å². The van der Waals surface area contributed by atoms with Crippen molar-refractivity contribution in [3.63, 3.8) is 0 Å². The lowest BCUT2D eigenvalue weighted by atomic mass is 9.93. The summed E-state index contributed by atoms with van der Waals surface area (Å²) in [6.45, 7) is 1.95. The highest BCUT2D eigenvalue weighted by atomic mass is 16.5. The zero-order valence-corrected chi connectivity index (χ0v) is 16.8. The molecule has 0 saturated heterocycles. The number of fused-ring (bicyclic) bond motifs is 1. The van der Waals surface area contributed by atoms with Gasteiger partial charge in [0, 0.05) is 11.4 Å². The zero-order chi connectivity index (χ0) is 20.9. The Morgan fingerprint density at radius 2 is 1.47 bits per heavy atom. The summed E-state index contributed by atoms with van der Waals surface area (Å²) in [5.74, 6) is 0.975. The Morgan fingerprint density at radius 3 is 2.13 bits per heavy atom. The number of ether oxygens (including phenoxy) is 1. The highest BCUT2D eigenvalue weighted by molar-refractivity contribution is 6.18. The van der Waals surface area contributed by atoms with Gasteiger partial charge < -0.3 is 10.1 Å². The van der Waals surface area contributed by atoms with Crippen LogP contribution < -0.4 is 15.4 Å². The van der Waals surface area contributed by atoms with Gasteiger partial charge in [-0.2, -0.15) is 0 Å². The van der Waals surface area contributed by atoms with Crippen molar-refractivity contribution >= 4 is 34.6 Å². The van der Waals surface area contributed by atoms with Crippen molar-refractivity contribution in [2.45, 2.75) is 12.8 Å². The van der Waals surface area contributed by atoms with E-state index in [9.17, 15) is 4.79 Å². The number of urea groups is 1. The van der Waals surface area contributed by atoms with E-state index in [1.54, 1.807) is 7.11 Å². The summed E-state index contributed by atoms with van der Waals surface area (Å²) in [6, 6.07) is 24.3. The number of amides is 2. The largest absolute Gasteiger partial charge is 0.497 e. The van der Waals surface area contributed by atoms with Crippen molar-refractivity contribution in [1.29, 1.82) is 0 Å². The molecule has 150 valence electrons. The fourth-order valence-corrected chi connectivity index (χ4v) is 3.40. The number of carbonyl (C=O) groups is 1. The molecule has 1 aliphatic rings. The Hall–Kier alpha value is -3.93. The van der Waals surface area contributed by atoms with Crippen molar-refractivity contribution in [2.75, 3.05) is 12.4 Å². The van der Waals surface area contributed by atoms with Crippen LogP contribution in [-0.4, -0.2) is 24.7 Å². The van der Waals surface area contributed by atoms with E-state index in [1.165, 1.54) is 0 Å². The Bertz CT molecular complexity index is 1110. The second-order valence-electron chi connectivity index (χ2n) is 6.89. The third-order valence-corrected chi connectivity index (χ3v) is 4.83. The standard InChI is InChI=1S/C24H22N4O2/c1-16-22(17-12-14-19(30-2)15-13-17)23(27-21-11-7-6-10-20(21)25-16)28-24(29)26-18-8-4-3-5-9-18/h3-15,22H,1-2H3,(H2,26,27,28,29)/t22-/m0/s1. The number of nitrogens with zero attached hydrogens (tertiary/aromatic N) is 2. The number of benzene rings is 3.